The summed E-state index contributed by atoms with van der Waals surface area (Å²) in [5.74, 6) is 0. The summed E-state index contributed by atoms with van der Waals surface area (Å²) in [4.78, 5) is 2.30. The minimum atomic E-state index is 0.0934. The van der Waals surface area contributed by atoms with Gasteiger partial charge in [0.05, 0.1) is 6.61 Å². The normalized spacial score (nSPS) is 27.1. The molecular formula is C13H19NO. The van der Waals surface area contributed by atoms with E-state index in [-0.39, 0.29) is 5.41 Å². The SMILES string of the molecule is CN1CCC(CO)(Cc2ccccc2)C1. The molecule has 0 aromatic heterocycles. The van der Waals surface area contributed by atoms with Gasteiger partial charge in [0.25, 0.3) is 0 Å². The summed E-state index contributed by atoms with van der Waals surface area (Å²) in [6.45, 7) is 2.41. The van der Waals surface area contributed by atoms with Crippen molar-refractivity contribution >= 4 is 0 Å². The zero-order valence-corrected chi connectivity index (χ0v) is 9.32. The minimum Gasteiger partial charge on any atom is -0.396 e. The number of rotatable bonds is 3. The zero-order chi connectivity index (χ0) is 10.7. The van der Waals surface area contributed by atoms with Crippen molar-refractivity contribution in [2.24, 2.45) is 5.41 Å². The molecular weight excluding hydrogens is 186 g/mol. The maximum Gasteiger partial charge on any atom is 0.0503 e. The summed E-state index contributed by atoms with van der Waals surface area (Å²) in [6, 6.07) is 10.5. The third-order valence-electron chi connectivity index (χ3n) is 3.39. The van der Waals surface area contributed by atoms with Crippen LogP contribution in [0.3, 0.4) is 0 Å². The van der Waals surface area contributed by atoms with Gasteiger partial charge in [-0.2, -0.15) is 0 Å². The van der Waals surface area contributed by atoms with Crippen molar-refractivity contribution in [3.05, 3.63) is 35.9 Å². The average molecular weight is 205 g/mol. The Bertz CT molecular complexity index is 312. The fourth-order valence-corrected chi connectivity index (χ4v) is 2.52. The van der Waals surface area contributed by atoms with Crippen LogP contribution in [0, 0.1) is 5.41 Å². The van der Waals surface area contributed by atoms with Crippen molar-refractivity contribution in [2.45, 2.75) is 12.8 Å². The quantitative estimate of drug-likeness (QED) is 0.809. The van der Waals surface area contributed by atoms with Gasteiger partial charge in [-0.3, -0.25) is 0 Å². The number of aliphatic hydroxyl groups is 1. The van der Waals surface area contributed by atoms with E-state index in [0.717, 1.165) is 25.9 Å². The lowest BCUT2D eigenvalue weighted by atomic mass is 9.81. The van der Waals surface area contributed by atoms with Crippen LogP contribution in [-0.4, -0.2) is 36.8 Å². The standard InChI is InChI=1S/C13H19NO/c1-14-8-7-13(10-14,11-15)9-12-5-3-2-4-6-12/h2-6,15H,7-11H2,1H3. The molecule has 1 unspecified atom stereocenters. The number of nitrogens with zero attached hydrogens (tertiary/aromatic N) is 1. The molecule has 1 atom stereocenters. The van der Waals surface area contributed by atoms with E-state index in [1.165, 1.54) is 5.56 Å². The average Bonchev–Trinajstić information content (AvgIpc) is 2.62. The predicted molar refractivity (Wildman–Crippen MR) is 61.8 cm³/mol. The number of benzene rings is 1. The Hall–Kier alpha value is -0.860. The lowest BCUT2D eigenvalue weighted by Crippen LogP contribution is -2.31. The van der Waals surface area contributed by atoms with Gasteiger partial charge in [0, 0.05) is 12.0 Å². The molecule has 0 aliphatic carbocycles. The highest BCUT2D eigenvalue weighted by Crippen LogP contribution is 2.32. The first-order valence-corrected chi connectivity index (χ1v) is 5.57. The third-order valence-corrected chi connectivity index (χ3v) is 3.39. The maximum absolute atomic E-state index is 9.57. The highest BCUT2D eigenvalue weighted by Gasteiger charge is 2.35. The summed E-state index contributed by atoms with van der Waals surface area (Å²) in [5.41, 5.74) is 1.43. The van der Waals surface area contributed by atoms with Crippen molar-refractivity contribution in [3.63, 3.8) is 0 Å². The van der Waals surface area contributed by atoms with Gasteiger partial charge in [-0.05, 0) is 32.0 Å². The zero-order valence-electron chi connectivity index (χ0n) is 9.32. The molecule has 1 aromatic carbocycles. The molecule has 1 fully saturated rings. The Morgan fingerprint density at radius 2 is 2.07 bits per heavy atom. The fraction of sp³-hybridized carbons (Fsp3) is 0.538. The highest BCUT2D eigenvalue weighted by molar-refractivity contribution is 5.17. The fourth-order valence-electron chi connectivity index (χ4n) is 2.52. The number of hydrogen-bond donors (Lipinski definition) is 1. The lowest BCUT2D eigenvalue weighted by Gasteiger charge is -2.26. The molecule has 0 amide bonds. The van der Waals surface area contributed by atoms with E-state index in [1.807, 2.05) is 6.07 Å². The van der Waals surface area contributed by atoms with Crippen LogP contribution in [0.4, 0.5) is 0 Å². The van der Waals surface area contributed by atoms with E-state index in [1.54, 1.807) is 0 Å². The molecule has 15 heavy (non-hydrogen) atoms. The highest BCUT2D eigenvalue weighted by atomic mass is 16.3. The van der Waals surface area contributed by atoms with Gasteiger partial charge in [-0.25, -0.2) is 0 Å². The molecule has 1 aromatic rings. The molecule has 1 aliphatic rings. The Morgan fingerprint density at radius 1 is 1.33 bits per heavy atom. The number of hydrogen-bond acceptors (Lipinski definition) is 2. The van der Waals surface area contributed by atoms with Crippen molar-refractivity contribution in [3.8, 4) is 0 Å². The van der Waals surface area contributed by atoms with Gasteiger partial charge >= 0.3 is 0 Å². The first-order chi connectivity index (χ1) is 7.24. The van der Waals surface area contributed by atoms with Crippen molar-refractivity contribution in [1.29, 1.82) is 0 Å². The van der Waals surface area contributed by atoms with Crippen LogP contribution in [0.5, 0.6) is 0 Å². The lowest BCUT2D eigenvalue weighted by molar-refractivity contribution is 0.132. The van der Waals surface area contributed by atoms with Gasteiger partial charge in [-0.1, -0.05) is 30.3 Å². The molecule has 0 radical (unpaired) electrons. The summed E-state index contributed by atoms with van der Waals surface area (Å²) >= 11 is 0. The van der Waals surface area contributed by atoms with Gasteiger partial charge in [0.2, 0.25) is 0 Å². The molecule has 0 spiro atoms. The van der Waals surface area contributed by atoms with Gasteiger partial charge in [0.1, 0.15) is 0 Å². The second-order valence-corrected chi connectivity index (χ2v) is 4.81. The van der Waals surface area contributed by atoms with Crippen LogP contribution in [-0.2, 0) is 6.42 Å². The largest absolute Gasteiger partial charge is 0.396 e. The number of aliphatic hydroxyl groups excluding tert-OH is 1. The molecule has 2 heteroatoms. The molecule has 1 aliphatic heterocycles. The van der Waals surface area contributed by atoms with E-state index in [0.29, 0.717) is 6.61 Å². The Labute approximate surface area is 91.5 Å². The number of likely N-dealkylation sites (tertiary alicyclic amines) is 1. The van der Waals surface area contributed by atoms with Crippen LogP contribution in [0.1, 0.15) is 12.0 Å². The summed E-state index contributed by atoms with van der Waals surface area (Å²) in [5, 5.41) is 9.57. The van der Waals surface area contributed by atoms with Crippen LogP contribution in [0.25, 0.3) is 0 Å². The van der Waals surface area contributed by atoms with Gasteiger partial charge < -0.3 is 10.0 Å². The van der Waals surface area contributed by atoms with E-state index >= 15 is 0 Å². The van der Waals surface area contributed by atoms with E-state index in [2.05, 4.69) is 36.2 Å². The van der Waals surface area contributed by atoms with E-state index < -0.39 is 0 Å². The topological polar surface area (TPSA) is 23.5 Å². The molecule has 1 N–H and O–H groups in total. The van der Waals surface area contributed by atoms with Crippen LogP contribution in [0.2, 0.25) is 0 Å². The molecule has 1 saturated heterocycles. The Balaban J connectivity index is 2.09. The van der Waals surface area contributed by atoms with Crippen LogP contribution in [0.15, 0.2) is 30.3 Å². The predicted octanol–water partition coefficient (Wildman–Crippen LogP) is 1.54. The van der Waals surface area contributed by atoms with E-state index in [9.17, 15) is 5.11 Å². The summed E-state index contributed by atoms with van der Waals surface area (Å²) in [6.07, 6.45) is 2.10. The first kappa shape index (κ1) is 10.7. The molecule has 2 nitrogen and oxygen atoms in total. The molecule has 0 saturated carbocycles. The summed E-state index contributed by atoms with van der Waals surface area (Å²) in [7, 11) is 2.13. The third kappa shape index (κ3) is 2.39. The second kappa shape index (κ2) is 4.33. The Kier molecular flexibility index (Phi) is 3.08. The second-order valence-electron chi connectivity index (χ2n) is 4.81. The molecule has 82 valence electrons. The smallest absolute Gasteiger partial charge is 0.0503 e. The van der Waals surface area contributed by atoms with Crippen molar-refractivity contribution < 1.29 is 5.11 Å². The monoisotopic (exact) mass is 205 g/mol. The Morgan fingerprint density at radius 3 is 2.60 bits per heavy atom. The first-order valence-electron chi connectivity index (χ1n) is 5.57. The van der Waals surface area contributed by atoms with Gasteiger partial charge in [0.15, 0.2) is 0 Å². The minimum absolute atomic E-state index is 0.0934. The van der Waals surface area contributed by atoms with Crippen LogP contribution < -0.4 is 0 Å². The van der Waals surface area contributed by atoms with Crippen molar-refractivity contribution in [2.75, 3.05) is 26.7 Å². The summed E-state index contributed by atoms with van der Waals surface area (Å²) < 4.78 is 0. The van der Waals surface area contributed by atoms with Gasteiger partial charge in [-0.15, -0.1) is 0 Å². The molecule has 0 bridgehead atoms. The maximum atomic E-state index is 9.57. The molecule has 1 heterocycles. The van der Waals surface area contributed by atoms with Crippen molar-refractivity contribution in [1.82, 2.24) is 4.90 Å². The van der Waals surface area contributed by atoms with E-state index in [4.69, 9.17) is 0 Å². The molecule has 2 rings (SSSR count). The van der Waals surface area contributed by atoms with Crippen LogP contribution >= 0.6 is 0 Å².